The Morgan fingerprint density at radius 1 is 0.745 bits per heavy atom. The molecule has 3 aromatic carbocycles. The molecule has 250 valence electrons. The van der Waals surface area contributed by atoms with Gasteiger partial charge in [-0.15, -0.1) is 0 Å². The third kappa shape index (κ3) is 10.5. The lowest BCUT2D eigenvalue weighted by Crippen LogP contribution is -2.63. The van der Waals surface area contributed by atoms with Crippen molar-refractivity contribution < 1.29 is 56.0 Å². The highest BCUT2D eigenvalue weighted by Gasteiger charge is 2.55. The highest BCUT2D eigenvalue weighted by Crippen LogP contribution is 2.34. The highest BCUT2D eigenvalue weighted by molar-refractivity contribution is 5.85. The molecular weight excluding hydrogens is 623 g/mol. The molecule has 4 rings (SSSR count). The van der Waals surface area contributed by atoms with Crippen LogP contribution in [0.1, 0.15) is 30.9 Å². The minimum atomic E-state index is -5.10. The van der Waals surface area contributed by atoms with Gasteiger partial charge in [0.05, 0.1) is 32.4 Å². The molecule has 1 aliphatic heterocycles. The Balaban J connectivity index is 1.77. The number of alkyl halides is 3. The standard InChI is InChI=1S/C34H34F3NO9/c1-22(39)18-19-26(40)45-28-27(43-20-23-12-6-3-7-13-23)30(44-21-24-14-8-4-9-15-24)32(46-29(28)31(41)42-2)47-33(34(35,36)37)38-25-16-10-5-11-17-25/h3-17,27-30,32H,18-21H2,1-2H3/t27-,28-,29-,30-,32?/m0/s1. The molecule has 13 heteroatoms. The molecule has 0 N–H and O–H groups in total. The van der Waals surface area contributed by atoms with Crippen LogP contribution >= 0.6 is 0 Å². The summed E-state index contributed by atoms with van der Waals surface area (Å²) in [5.74, 6) is -3.91. The molecule has 3 aromatic rings. The van der Waals surface area contributed by atoms with Crippen molar-refractivity contribution in [3.05, 3.63) is 102 Å². The summed E-state index contributed by atoms with van der Waals surface area (Å²) in [5, 5.41) is 0. The number of hydrogen-bond donors (Lipinski definition) is 0. The maximum atomic E-state index is 14.4. The Morgan fingerprint density at radius 2 is 1.28 bits per heavy atom. The largest absolute Gasteiger partial charge is 0.468 e. The fourth-order valence-electron chi connectivity index (χ4n) is 4.61. The smallest absolute Gasteiger partial charge is 0.467 e. The number of methoxy groups -OCH3 is 1. The van der Waals surface area contributed by atoms with E-state index in [1.807, 2.05) is 0 Å². The first-order valence-corrected chi connectivity index (χ1v) is 14.7. The number of carbonyl (C=O) groups excluding carboxylic acids is 3. The van der Waals surface area contributed by atoms with Gasteiger partial charge in [-0.1, -0.05) is 78.9 Å². The van der Waals surface area contributed by atoms with E-state index in [1.165, 1.54) is 31.2 Å². The van der Waals surface area contributed by atoms with Crippen LogP contribution in [0.15, 0.2) is 96.0 Å². The van der Waals surface area contributed by atoms with E-state index in [1.54, 1.807) is 66.7 Å². The molecule has 0 aliphatic carbocycles. The van der Waals surface area contributed by atoms with Gasteiger partial charge in [-0.3, -0.25) is 4.79 Å². The summed E-state index contributed by atoms with van der Waals surface area (Å²) in [4.78, 5) is 41.1. The number of aliphatic imine (C=N–C) groups is 1. The van der Waals surface area contributed by atoms with Gasteiger partial charge in [-0.25, -0.2) is 9.79 Å². The van der Waals surface area contributed by atoms with E-state index in [-0.39, 0.29) is 37.5 Å². The van der Waals surface area contributed by atoms with Crippen molar-refractivity contribution in [3.8, 4) is 0 Å². The molecule has 0 radical (unpaired) electrons. The number of hydrogen-bond acceptors (Lipinski definition) is 10. The second kappa shape index (κ2) is 16.8. The van der Waals surface area contributed by atoms with Crippen molar-refractivity contribution in [2.24, 2.45) is 4.99 Å². The van der Waals surface area contributed by atoms with E-state index in [0.717, 1.165) is 7.11 Å². The molecule has 1 saturated heterocycles. The minimum Gasteiger partial charge on any atom is -0.467 e. The maximum Gasteiger partial charge on any atom is 0.468 e. The van der Waals surface area contributed by atoms with Gasteiger partial charge in [0.2, 0.25) is 6.29 Å². The molecule has 1 heterocycles. The zero-order chi connectivity index (χ0) is 33.8. The molecular formula is C34H34F3NO9. The number of rotatable bonds is 13. The van der Waals surface area contributed by atoms with E-state index in [0.29, 0.717) is 11.1 Å². The second-order valence-electron chi connectivity index (χ2n) is 10.5. The van der Waals surface area contributed by atoms with Gasteiger partial charge in [0.15, 0.2) is 12.2 Å². The number of ether oxygens (including phenoxy) is 6. The van der Waals surface area contributed by atoms with Crippen LogP contribution in [0.5, 0.6) is 0 Å². The van der Waals surface area contributed by atoms with Gasteiger partial charge in [-0.05, 0) is 30.2 Å². The molecule has 10 nitrogen and oxygen atoms in total. The number of nitrogens with zero attached hydrogens (tertiary/aromatic N) is 1. The molecule has 1 unspecified atom stereocenters. The predicted molar refractivity (Wildman–Crippen MR) is 161 cm³/mol. The lowest BCUT2D eigenvalue weighted by atomic mass is 9.97. The number of carbonyl (C=O) groups is 3. The van der Waals surface area contributed by atoms with Crippen LogP contribution in [0.25, 0.3) is 0 Å². The number of halogens is 3. The molecule has 47 heavy (non-hydrogen) atoms. The fraction of sp³-hybridized carbons (Fsp3) is 0.353. The third-order valence-corrected chi connectivity index (χ3v) is 6.90. The Labute approximate surface area is 269 Å². The molecule has 5 atom stereocenters. The summed E-state index contributed by atoms with van der Waals surface area (Å²) in [6.07, 6.45) is -13.9. The Hall–Kier alpha value is -4.59. The first-order chi connectivity index (χ1) is 22.5. The maximum absolute atomic E-state index is 14.4. The number of para-hydroxylation sites is 1. The summed E-state index contributed by atoms with van der Waals surface area (Å²) in [7, 11) is 1.03. The summed E-state index contributed by atoms with van der Waals surface area (Å²) in [6, 6.07) is 24.8. The van der Waals surface area contributed by atoms with Crippen molar-refractivity contribution >= 4 is 29.3 Å². The molecule has 1 aliphatic rings. The van der Waals surface area contributed by atoms with Gasteiger partial charge < -0.3 is 33.2 Å². The fourth-order valence-corrected chi connectivity index (χ4v) is 4.61. The monoisotopic (exact) mass is 657 g/mol. The molecule has 0 saturated carbocycles. The lowest BCUT2D eigenvalue weighted by molar-refractivity contribution is -0.302. The molecule has 0 amide bonds. The zero-order valence-electron chi connectivity index (χ0n) is 25.6. The zero-order valence-corrected chi connectivity index (χ0v) is 25.6. The van der Waals surface area contributed by atoms with Gasteiger partial charge >= 0.3 is 18.1 Å². The Bertz CT molecular complexity index is 1490. The van der Waals surface area contributed by atoms with Crippen molar-refractivity contribution in [3.63, 3.8) is 0 Å². The van der Waals surface area contributed by atoms with Gasteiger partial charge in [0.25, 0.3) is 5.90 Å². The average molecular weight is 658 g/mol. The summed E-state index contributed by atoms with van der Waals surface area (Å²) in [6.45, 7) is 1.03. The number of Topliss-reactive ketones (excluding diaryl/α,β-unsaturated/α-hetero) is 1. The first-order valence-electron chi connectivity index (χ1n) is 14.7. The van der Waals surface area contributed by atoms with E-state index >= 15 is 0 Å². The normalized spacial score (nSPS) is 21.5. The van der Waals surface area contributed by atoms with E-state index < -0.39 is 54.7 Å². The summed E-state index contributed by atoms with van der Waals surface area (Å²) < 4.78 is 77.1. The minimum absolute atomic E-state index is 0.0592. The number of benzene rings is 3. The van der Waals surface area contributed by atoms with E-state index in [4.69, 9.17) is 28.4 Å². The van der Waals surface area contributed by atoms with Gasteiger partial charge in [-0.2, -0.15) is 13.2 Å². The Morgan fingerprint density at radius 3 is 1.79 bits per heavy atom. The van der Waals surface area contributed by atoms with Gasteiger partial charge in [0, 0.05) is 6.42 Å². The molecule has 1 fully saturated rings. The first kappa shape index (κ1) is 35.3. The molecule has 0 aromatic heterocycles. The van der Waals surface area contributed by atoms with Crippen LogP contribution in [-0.2, 0) is 56.0 Å². The topological polar surface area (TPSA) is 119 Å². The van der Waals surface area contributed by atoms with E-state index in [9.17, 15) is 27.6 Å². The van der Waals surface area contributed by atoms with Crippen LogP contribution in [0.2, 0.25) is 0 Å². The van der Waals surface area contributed by atoms with Crippen LogP contribution in [0.4, 0.5) is 18.9 Å². The van der Waals surface area contributed by atoms with Crippen molar-refractivity contribution in [2.45, 2.75) is 69.9 Å². The lowest BCUT2D eigenvalue weighted by Gasteiger charge is -2.44. The van der Waals surface area contributed by atoms with Crippen LogP contribution in [0.3, 0.4) is 0 Å². The molecule has 0 spiro atoms. The number of esters is 2. The van der Waals surface area contributed by atoms with Crippen molar-refractivity contribution in [2.75, 3.05) is 7.11 Å². The van der Waals surface area contributed by atoms with E-state index in [2.05, 4.69) is 4.99 Å². The summed E-state index contributed by atoms with van der Waals surface area (Å²) in [5.41, 5.74) is 1.25. The van der Waals surface area contributed by atoms with Crippen molar-refractivity contribution in [1.82, 2.24) is 0 Å². The van der Waals surface area contributed by atoms with Crippen LogP contribution in [-0.4, -0.2) is 67.6 Å². The number of ketones is 1. The molecule has 0 bridgehead atoms. The quantitative estimate of drug-likeness (QED) is 0.131. The van der Waals surface area contributed by atoms with Gasteiger partial charge in [0.1, 0.15) is 18.0 Å². The average Bonchev–Trinajstić information content (AvgIpc) is 3.06. The SMILES string of the molecule is COC(=O)[C@H]1OC(OC(=Nc2ccccc2)C(F)(F)F)[C@@H](OCc2ccccc2)[C@@H](OCc2ccccc2)[C@@H]1OC(=O)CCC(C)=O. The highest BCUT2D eigenvalue weighted by atomic mass is 19.4. The third-order valence-electron chi connectivity index (χ3n) is 6.90. The van der Waals surface area contributed by atoms with Crippen LogP contribution in [0, 0.1) is 0 Å². The van der Waals surface area contributed by atoms with Crippen LogP contribution < -0.4 is 0 Å². The summed E-state index contributed by atoms with van der Waals surface area (Å²) >= 11 is 0. The predicted octanol–water partition coefficient (Wildman–Crippen LogP) is 5.65. The van der Waals surface area contributed by atoms with Crippen molar-refractivity contribution in [1.29, 1.82) is 0 Å². The second-order valence-corrected chi connectivity index (χ2v) is 10.5. The Kier molecular flexibility index (Phi) is 12.6.